The molecule has 166 valence electrons. The Labute approximate surface area is 193 Å². The van der Waals surface area contributed by atoms with Crippen molar-refractivity contribution in [3.63, 3.8) is 0 Å². The van der Waals surface area contributed by atoms with Crippen LogP contribution in [-0.2, 0) is 21.2 Å². The first-order valence-corrected chi connectivity index (χ1v) is 12.0. The summed E-state index contributed by atoms with van der Waals surface area (Å²) in [5.41, 5.74) is 2.17. The van der Waals surface area contributed by atoms with E-state index in [0.717, 1.165) is 22.0 Å². The molecule has 1 atom stereocenters. The van der Waals surface area contributed by atoms with Crippen molar-refractivity contribution in [3.05, 3.63) is 83.4 Å². The van der Waals surface area contributed by atoms with Crippen LogP contribution in [0.4, 0.5) is 11.4 Å². The maximum Gasteiger partial charge on any atom is 0.264 e. The predicted octanol–water partition coefficient (Wildman–Crippen LogP) is 4.52. The Balaban J connectivity index is 1.75. The Morgan fingerprint density at radius 2 is 1.78 bits per heavy atom. The van der Waals surface area contributed by atoms with Gasteiger partial charge >= 0.3 is 0 Å². The molecule has 0 spiro atoms. The third-order valence-electron chi connectivity index (χ3n) is 5.51. The molecule has 1 heterocycles. The van der Waals surface area contributed by atoms with Crippen LogP contribution in [0.15, 0.2) is 77.7 Å². The van der Waals surface area contributed by atoms with E-state index in [-0.39, 0.29) is 34.1 Å². The Hall–Kier alpha value is -3.03. The summed E-state index contributed by atoms with van der Waals surface area (Å²) in [4.78, 5) is 15.2. The molecule has 1 unspecified atom stereocenters. The fraction of sp³-hybridized carbons (Fsp3) is 0.208. The second-order valence-corrected chi connectivity index (χ2v) is 9.86. The number of methoxy groups -OCH3 is 1. The van der Waals surface area contributed by atoms with Crippen LogP contribution in [0.3, 0.4) is 0 Å². The normalized spacial score (nSPS) is 15.3. The average Bonchev–Trinajstić information content (AvgIpc) is 3.13. The number of anilines is 2. The third kappa shape index (κ3) is 4.06. The summed E-state index contributed by atoms with van der Waals surface area (Å²) in [7, 11) is -2.54. The number of hydrogen-bond acceptors (Lipinski definition) is 4. The van der Waals surface area contributed by atoms with E-state index in [0.29, 0.717) is 5.75 Å². The highest BCUT2D eigenvalue weighted by molar-refractivity contribution is 7.92. The summed E-state index contributed by atoms with van der Waals surface area (Å²) in [5.74, 6) is 0.106. The van der Waals surface area contributed by atoms with Crippen LogP contribution in [-0.4, -0.2) is 34.0 Å². The highest BCUT2D eigenvalue weighted by atomic mass is 35.5. The van der Waals surface area contributed by atoms with Crippen molar-refractivity contribution in [2.45, 2.75) is 24.3 Å². The van der Waals surface area contributed by atoms with E-state index in [4.69, 9.17) is 16.3 Å². The molecule has 0 saturated carbocycles. The standard InChI is InChI=1S/C24H23ClN2O4S/c1-17-14-18-8-6-7-11-22(18)27(17)24(28)16-26(19-12-13-23(31-2)21(25)15-19)32(29,30)20-9-4-3-5-10-20/h3-13,15,17H,14,16H2,1-2H3. The average molecular weight is 471 g/mol. The first-order valence-electron chi connectivity index (χ1n) is 10.1. The van der Waals surface area contributed by atoms with Crippen molar-refractivity contribution in [2.24, 2.45) is 0 Å². The van der Waals surface area contributed by atoms with E-state index in [1.165, 1.54) is 25.3 Å². The molecule has 1 aliphatic heterocycles. The molecule has 8 heteroatoms. The minimum absolute atomic E-state index is 0.0689. The van der Waals surface area contributed by atoms with E-state index in [1.54, 1.807) is 35.2 Å². The van der Waals surface area contributed by atoms with Crippen LogP contribution in [0.1, 0.15) is 12.5 Å². The van der Waals surface area contributed by atoms with Crippen molar-refractivity contribution in [1.29, 1.82) is 0 Å². The van der Waals surface area contributed by atoms with E-state index in [9.17, 15) is 13.2 Å². The summed E-state index contributed by atoms with van der Waals surface area (Å²) in [6.45, 7) is 1.59. The van der Waals surface area contributed by atoms with Crippen molar-refractivity contribution in [2.75, 3.05) is 22.9 Å². The van der Waals surface area contributed by atoms with Gasteiger partial charge in [0.2, 0.25) is 5.91 Å². The lowest BCUT2D eigenvalue weighted by atomic mass is 10.1. The molecule has 1 aliphatic rings. The lowest BCUT2D eigenvalue weighted by Crippen LogP contribution is -2.45. The Morgan fingerprint density at radius 1 is 1.09 bits per heavy atom. The Morgan fingerprint density at radius 3 is 2.47 bits per heavy atom. The predicted molar refractivity (Wildman–Crippen MR) is 126 cm³/mol. The van der Waals surface area contributed by atoms with Crippen molar-refractivity contribution in [1.82, 2.24) is 0 Å². The lowest BCUT2D eigenvalue weighted by molar-refractivity contribution is -0.117. The number of rotatable bonds is 6. The number of carbonyl (C=O) groups excluding carboxylic acids is 1. The molecule has 3 aromatic carbocycles. The van der Waals surface area contributed by atoms with Crippen LogP contribution < -0.4 is 13.9 Å². The van der Waals surface area contributed by atoms with Crippen LogP contribution in [0.5, 0.6) is 5.75 Å². The Bertz CT molecular complexity index is 1250. The number of fused-ring (bicyclic) bond motifs is 1. The molecule has 0 aromatic heterocycles. The first-order chi connectivity index (χ1) is 15.3. The molecule has 0 bridgehead atoms. The highest BCUT2D eigenvalue weighted by Gasteiger charge is 2.34. The van der Waals surface area contributed by atoms with E-state index in [1.807, 2.05) is 31.2 Å². The van der Waals surface area contributed by atoms with Crippen molar-refractivity contribution < 1.29 is 17.9 Å². The second-order valence-electron chi connectivity index (χ2n) is 7.59. The molecule has 0 saturated heterocycles. The minimum atomic E-state index is -4.02. The summed E-state index contributed by atoms with van der Waals surface area (Å²) in [6.07, 6.45) is 0.724. The second kappa shape index (κ2) is 8.84. The number of ether oxygens (including phenoxy) is 1. The zero-order valence-electron chi connectivity index (χ0n) is 17.7. The number of benzene rings is 3. The van der Waals surface area contributed by atoms with Gasteiger partial charge in [-0.3, -0.25) is 9.10 Å². The van der Waals surface area contributed by atoms with Crippen molar-refractivity contribution >= 4 is 38.9 Å². The fourth-order valence-electron chi connectivity index (χ4n) is 3.99. The molecular formula is C24H23ClN2O4S. The van der Waals surface area contributed by atoms with Gasteiger partial charge in [0.05, 0.1) is 22.7 Å². The molecule has 0 fully saturated rings. The van der Waals surface area contributed by atoms with E-state index in [2.05, 4.69) is 0 Å². The summed E-state index contributed by atoms with van der Waals surface area (Å²) < 4.78 is 33.4. The summed E-state index contributed by atoms with van der Waals surface area (Å²) in [5, 5.41) is 0.255. The van der Waals surface area contributed by atoms with Crippen LogP contribution in [0, 0.1) is 0 Å². The molecule has 0 radical (unpaired) electrons. The smallest absolute Gasteiger partial charge is 0.264 e. The summed E-state index contributed by atoms with van der Waals surface area (Å²) >= 11 is 6.28. The Kier molecular flexibility index (Phi) is 6.13. The zero-order chi connectivity index (χ0) is 22.9. The van der Waals surface area contributed by atoms with Gasteiger partial charge in [-0.05, 0) is 55.3 Å². The molecule has 6 nitrogen and oxygen atoms in total. The first kappa shape index (κ1) is 22.2. The highest BCUT2D eigenvalue weighted by Crippen LogP contribution is 2.34. The van der Waals surface area contributed by atoms with Crippen LogP contribution >= 0.6 is 11.6 Å². The maximum atomic E-state index is 13.6. The molecule has 3 aromatic rings. The van der Waals surface area contributed by atoms with Gasteiger partial charge in [-0.2, -0.15) is 0 Å². The molecule has 4 rings (SSSR count). The van der Waals surface area contributed by atoms with Gasteiger partial charge in [-0.15, -0.1) is 0 Å². The summed E-state index contributed by atoms with van der Waals surface area (Å²) in [6, 6.07) is 20.3. The van der Waals surface area contributed by atoms with Crippen LogP contribution in [0.2, 0.25) is 5.02 Å². The van der Waals surface area contributed by atoms with Gasteiger partial charge in [0.1, 0.15) is 12.3 Å². The lowest BCUT2D eigenvalue weighted by Gasteiger charge is -2.29. The van der Waals surface area contributed by atoms with Gasteiger partial charge < -0.3 is 9.64 Å². The number of hydrogen-bond donors (Lipinski definition) is 0. The van der Waals surface area contributed by atoms with Gasteiger partial charge in [0, 0.05) is 11.7 Å². The van der Waals surface area contributed by atoms with E-state index >= 15 is 0 Å². The van der Waals surface area contributed by atoms with Gasteiger partial charge in [-0.1, -0.05) is 48.0 Å². The SMILES string of the molecule is COc1ccc(N(CC(=O)N2c3ccccc3CC2C)S(=O)(=O)c2ccccc2)cc1Cl. The molecular weight excluding hydrogens is 448 g/mol. The number of amides is 1. The maximum absolute atomic E-state index is 13.6. The molecule has 1 amide bonds. The fourth-order valence-corrected chi connectivity index (χ4v) is 5.67. The number of halogens is 1. The number of carbonyl (C=O) groups is 1. The molecule has 0 N–H and O–H groups in total. The van der Waals surface area contributed by atoms with Gasteiger partial charge in [0.25, 0.3) is 10.0 Å². The van der Waals surface area contributed by atoms with Gasteiger partial charge in [-0.25, -0.2) is 8.42 Å². The number of sulfonamides is 1. The topological polar surface area (TPSA) is 66.9 Å². The minimum Gasteiger partial charge on any atom is -0.495 e. The quantitative estimate of drug-likeness (QED) is 0.531. The van der Waals surface area contributed by atoms with E-state index < -0.39 is 10.0 Å². The number of nitrogens with zero attached hydrogens (tertiary/aromatic N) is 2. The zero-order valence-corrected chi connectivity index (χ0v) is 19.3. The monoisotopic (exact) mass is 470 g/mol. The van der Waals surface area contributed by atoms with Gasteiger partial charge in [0.15, 0.2) is 0 Å². The third-order valence-corrected chi connectivity index (χ3v) is 7.59. The largest absolute Gasteiger partial charge is 0.495 e. The molecule has 32 heavy (non-hydrogen) atoms. The van der Waals surface area contributed by atoms with Crippen LogP contribution in [0.25, 0.3) is 0 Å². The van der Waals surface area contributed by atoms with Crippen molar-refractivity contribution in [3.8, 4) is 5.75 Å². The molecule has 0 aliphatic carbocycles. The number of para-hydroxylation sites is 1.